The van der Waals surface area contributed by atoms with Crippen LogP contribution >= 0.6 is 11.6 Å². The molecule has 0 saturated carbocycles. The minimum absolute atomic E-state index is 0.0202. The number of aliphatic hydroxyl groups is 1. The van der Waals surface area contributed by atoms with Crippen LogP contribution in [0, 0.1) is 5.82 Å². The Morgan fingerprint density at radius 1 is 1.10 bits per heavy atom. The van der Waals surface area contributed by atoms with Gasteiger partial charge in [-0.25, -0.2) is 13.9 Å². The number of amidine groups is 1. The van der Waals surface area contributed by atoms with Crippen LogP contribution in [-0.2, 0) is 36.9 Å². The van der Waals surface area contributed by atoms with Gasteiger partial charge < -0.3 is 29.4 Å². The van der Waals surface area contributed by atoms with E-state index in [2.05, 4.69) is 20.6 Å². The number of aliphatic hydroxyl groups excluding tert-OH is 1. The lowest BCUT2D eigenvalue weighted by molar-refractivity contribution is -0.136. The maximum Gasteiger partial charge on any atom is 0.338 e. The first-order valence-corrected chi connectivity index (χ1v) is 13.1. The van der Waals surface area contributed by atoms with Gasteiger partial charge in [-0.2, -0.15) is 0 Å². The molecule has 0 unspecified atom stereocenters. The van der Waals surface area contributed by atoms with Crippen LogP contribution in [0.2, 0.25) is 5.02 Å². The lowest BCUT2D eigenvalue weighted by atomic mass is 9.95. The molecule has 2 aromatic heterocycles. The molecule has 1 aromatic carbocycles. The quantitative estimate of drug-likeness (QED) is 0.200. The third-order valence-electron chi connectivity index (χ3n) is 5.90. The summed E-state index contributed by atoms with van der Waals surface area (Å²) >= 11 is 6.39. The molecule has 1 aliphatic rings. The standard InChI is InChI=1S/C27H30ClFN6O6/c1-38-27(37)24-23(17-41-16-20-15-35(34-33-20)8-10-39-12-13-40-11-9-36)31-26(18-4-6-30-7-5-18)32-25(24)21-3-2-19(29)14-22(21)28/h2-7,14-15,25,36H,8-13,16-17H2,1H3,(H,31,32)/t25-/m1/s1. The van der Waals surface area contributed by atoms with Crippen LogP contribution in [0.5, 0.6) is 0 Å². The molecule has 0 amide bonds. The largest absolute Gasteiger partial charge is 0.466 e. The minimum atomic E-state index is -0.881. The number of pyridine rings is 1. The van der Waals surface area contributed by atoms with Gasteiger partial charge in [0.15, 0.2) is 0 Å². The molecule has 0 radical (unpaired) electrons. The molecule has 41 heavy (non-hydrogen) atoms. The SMILES string of the molecule is COC(=O)C1=C(COCc2cn(CCOCCOCCO)nn2)NC(c2ccncc2)=N[C@@H]1c1ccc(F)cc1Cl. The predicted molar refractivity (Wildman–Crippen MR) is 146 cm³/mol. The molecule has 0 fully saturated rings. The fraction of sp³-hybridized carbons (Fsp3) is 0.370. The van der Waals surface area contributed by atoms with E-state index in [1.165, 1.54) is 25.3 Å². The van der Waals surface area contributed by atoms with Gasteiger partial charge in [0.1, 0.15) is 23.4 Å². The maximum atomic E-state index is 13.8. The van der Waals surface area contributed by atoms with Gasteiger partial charge in [-0.05, 0) is 24.3 Å². The Balaban J connectivity index is 1.47. The van der Waals surface area contributed by atoms with Crippen LogP contribution in [0.15, 0.2) is 65.2 Å². The molecule has 0 aliphatic carbocycles. The van der Waals surface area contributed by atoms with Gasteiger partial charge in [-0.3, -0.25) is 9.98 Å². The van der Waals surface area contributed by atoms with Crippen LogP contribution in [0.3, 0.4) is 0 Å². The highest BCUT2D eigenvalue weighted by Gasteiger charge is 2.33. The summed E-state index contributed by atoms with van der Waals surface area (Å²) in [6.45, 7) is 2.05. The van der Waals surface area contributed by atoms with Gasteiger partial charge >= 0.3 is 5.97 Å². The Morgan fingerprint density at radius 2 is 1.88 bits per heavy atom. The number of aromatic nitrogens is 4. The van der Waals surface area contributed by atoms with E-state index in [1.54, 1.807) is 35.4 Å². The smallest absolute Gasteiger partial charge is 0.338 e. The van der Waals surface area contributed by atoms with Crippen molar-refractivity contribution in [3.8, 4) is 0 Å². The second-order valence-corrected chi connectivity index (χ2v) is 9.11. The zero-order valence-corrected chi connectivity index (χ0v) is 23.1. The zero-order valence-electron chi connectivity index (χ0n) is 22.3. The van der Waals surface area contributed by atoms with Crippen LogP contribution in [-0.4, -0.2) is 83.6 Å². The van der Waals surface area contributed by atoms with Crippen molar-refractivity contribution in [1.82, 2.24) is 25.3 Å². The van der Waals surface area contributed by atoms with Gasteiger partial charge in [0.05, 0.1) is 77.4 Å². The van der Waals surface area contributed by atoms with Crippen molar-refractivity contribution in [3.63, 3.8) is 0 Å². The van der Waals surface area contributed by atoms with Gasteiger partial charge in [-0.15, -0.1) is 5.10 Å². The number of halogens is 2. The highest BCUT2D eigenvalue weighted by Crippen LogP contribution is 2.36. The number of hydrogen-bond donors (Lipinski definition) is 2. The van der Waals surface area contributed by atoms with Crippen molar-refractivity contribution in [2.75, 3.05) is 46.8 Å². The third kappa shape index (κ3) is 8.38. The Labute approximate surface area is 240 Å². The summed E-state index contributed by atoms with van der Waals surface area (Å²) in [4.78, 5) is 21.8. The first-order valence-electron chi connectivity index (χ1n) is 12.7. The number of methoxy groups -OCH3 is 1. The summed E-state index contributed by atoms with van der Waals surface area (Å²) in [5.41, 5.74) is 2.32. The predicted octanol–water partition coefficient (Wildman–Crippen LogP) is 2.23. The molecule has 0 spiro atoms. The number of ether oxygens (including phenoxy) is 4. The molecule has 14 heteroatoms. The zero-order chi connectivity index (χ0) is 29.0. The number of carbonyl (C=O) groups is 1. The lowest BCUT2D eigenvalue weighted by Gasteiger charge is -2.28. The van der Waals surface area contributed by atoms with Gasteiger partial charge in [0.25, 0.3) is 0 Å². The molecule has 2 N–H and O–H groups in total. The lowest BCUT2D eigenvalue weighted by Crippen LogP contribution is -2.35. The van der Waals surface area contributed by atoms with E-state index in [9.17, 15) is 9.18 Å². The number of rotatable bonds is 15. The van der Waals surface area contributed by atoms with Crippen molar-refractivity contribution < 1.29 is 33.2 Å². The Bertz CT molecular complexity index is 1370. The summed E-state index contributed by atoms with van der Waals surface area (Å²) in [6.07, 6.45) is 4.98. The van der Waals surface area contributed by atoms with E-state index in [0.29, 0.717) is 49.2 Å². The van der Waals surface area contributed by atoms with Gasteiger partial charge in [0.2, 0.25) is 0 Å². The molecular formula is C27H30ClFN6O6. The number of nitrogens with zero attached hydrogens (tertiary/aromatic N) is 5. The molecule has 12 nitrogen and oxygen atoms in total. The van der Waals surface area contributed by atoms with Crippen LogP contribution < -0.4 is 5.32 Å². The summed E-state index contributed by atoms with van der Waals surface area (Å²) in [7, 11) is 1.27. The molecule has 4 rings (SSSR count). The molecule has 1 atom stereocenters. The topological polar surface area (TPSA) is 142 Å². The molecular weight excluding hydrogens is 559 g/mol. The fourth-order valence-corrected chi connectivity index (χ4v) is 4.25. The summed E-state index contributed by atoms with van der Waals surface area (Å²) < 4.78 is 37.1. The van der Waals surface area contributed by atoms with E-state index in [1.807, 2.05) is 0 Å². The van der Waals surface area contributed by atoms with E-state index < -0.39 is 17.8 Å². The average Bonchev–Trinajstić information content (AvgIpc) is 3.44. The van der Waals surface area contributed by atoms with E-state index in [0.717, 1.165) is 5.56 Å². The second-order valence-electron chi connectivity index (χ2n) is 8.70. The molecule has 218 valence electrons. The fourth-order valence-electron chi connectivity index (χ4n) is 3.98. The number of aliphatic imine (C=N–C) groups is 1. The Hall–Kier alpha value is -3.75. The van der Waals surface area contributed by atoms with Crippen LogP contribution in [0.1, 0.15) is 22.9 Å². The first-order chi connectivity index (χ1) is 20.0. The van der Waals surface area contributed by atoms with E-state index in [-0.39, 0.29) is 37.0 Å². The van der Waals surface area contributed by atoms with Crippen molar-refractivity contribution in [1.29, 1.82) is 0 Å². The molecule has 3 heterocycles. The second kappa shape index (κ2) is 15.3. The monoisotopic (exact) mass is 588 g/mol. The summed E-state index contributed by atoms with van der Waals surface area (Å²) in [6, 6.07) is 6.57. The van der Waals surface area contributed by atoms with Gasteiger partial charge in [0, 0.05) is 28.5 Å². The van der Waals surface area contributed by atoms with Crippen LogP contribution in [0.4, 0.5) is 4.39 Å². The average molecular weight is 589 g/mol. The number of hydrogen-bond acceptors (Lipinski definition) is 11. The molecule has 3 aromatic rings. The normalized spacial score (nSPS) is 15.0. The number of nitrogens with one attached hydrogen (secondary N) is 1. The van der Waals surface area contributed by atoms with E-state index >= 15 is 0 Å². The first kappa shape index (κ1) is 30.2. The summed E-state index contributed by atoms with van der Waals surface area (Å²) in [5.74, 6) is -0.687. The maximum absolute atomic E-state index is 13.8. The summed E-state index contributed by atoms with van der Waals surface area (Å²) in [5, 5.41) is 20.2. The Morgan fingerprint density at radius 3 is 2.61 bits per heavy atom. The molecule has 0 bridgehead atoms. The molecule has 0 saturated heterocycles. The van der Waals surface area contributed by atoms with Crippen LogP contribution in [0.25, 0.3) is 0 Å². The number of benzene rings is 1. The Kier molecular flexibility index (Phi) is 11.3. The van der Waals surface area contributed by atoms with E-state index in [4.69, 9.17) is 40.6 Å². The van der Waals surface area contributed by atoms with Gasteiger partial charge in [-0.1, -0.05) is 22.9 Å². The van der Waals surface area contributed by atoms with Crippen molar-refractivity contribution in [2.24, 2.45) is 4.99 Å². The number of esters is 1. The van der Waals surface area contributed by atoms with Crippen molar-refractivity contribution in [3.05, 3.63) is 87.9 Å². The number of carbonyl (C=O) groups excluding carboxylic acids is 1. The molecule has 1 aliphatic heterocycles. The van der Waals surface area contributed by atoms with Crippen molar-refractivity contribution in [2.45, 2.75) is 19.2 Å². The third-order valence-corrected chi connectivity index (χ3v) is 6.22. The highest BCUT2D eigenvalue weighted by molar-refractivity contribution is 6.31. The van der Waals surface area contributed by atoms with Crippen molar-refractivity contribution >= 4 is 23.4 Å². The minimum Gasteiger partial charge on any atom is -0.466 e. The highest BCUT2D eigenvalue weighted by atomic mass is 35.5.